The number of carbonyl (C=O) groups is 1. The van der Waals surface area contributed by atoms with Crippen LogP contribution in [0.4, 0.5) is 4.39 Å². The highest BCUT2D eigenvalue weighted by molar-refractivity contribution is 7.03. The van der Waals surface area contributed by atoms with E-state index in [9.17, 15) is 9.18 Å². The van der Waals surface area contributed by atoms with Crippen LogP contribution in [-0.2, 0) is 0 Å². The van der Waals surface area contributed by atoms with Crippen LogP contribution >= 0.6 is 11.5 Å². The van der Waals surface area contributed by atoms with E-state index in [2.05, 4.69) is 14.9 Å². The minimum absolute atomic E-state index is 0.262. The molecule has 3 rings (SSSR count). The van der Waals surface area contributed by atoms with Crippen LogP contribution in [0.15, 0.2) is 23.6 Å². The number of ether oxygens (including phenoxy) is 1. The summed E-state index contributed by atoms with van der Waals surface area (Å²) in [6, 6.07) is 4.43. The highest BCUT2D eigenvalue weighted by atomic mass is 32.1. The molecule has 0 unspecified atom stereocenters. The highest BCUT2D eigenvalue weighted by Crippen LogP contribution is 2.30. The molecular weight excluding hydrogens is 305 g/mol. The Hall–Kier alpha value is -2.02. The number of rotatable bonds is 6. The molecule has 116 valence electrons. The molecule has 0 bridgehead atoms. The summed E-state index contributed by atoms with van der Waals surface area (Å²) in [6.07, 6.45) is 2.32. The number of hydrogen-bond acceptors (Lipinski definition) is 5. The number of nitrogens with one attached hydrogen (secondary N) is 1. The first-order chi connectivity index (χ1) is 10.6. The maximum absolute atomic E-state index is 14.0. The first-order valence-electron chi connectivity index (χ1n) is 7.13. The molecule has 0 spiro atoms. The van der Waals surface area contributed by atoms with Gasteiger partial charge in [-0.25, -0.2) is 4.39 Å². The SMILES string of the molecule is C[C@@H](NC(=O)c1csnn1)c1ccc(OCC2CC2)c(F)c1. The maximum atomic E-state index is 14.0. The molecule has 1 atom stereocenters. The van der Waals surface area contributed by atoms with Gasteiger partial charge in [-0.2, -0.15) is 0 Å². The predicted molar refractivity (Wildman–Crippen MR) is 80.4 cm³/mol. The molecule has 1 heterocycles. The molecule has 1 saturated carbocycles. The lowest BCUT2D eigenvalue weighted by atomic mass is 10.1. The Labute approximate surface area is 131 Å². The van der Waals surface area contributed by atoms with Crippen molar-refractivity contribution in [3.8, 4) is 5.75 Å². The highest BCUT2D eigenvalue weighted by Gasteiger charge is 2.22. The quantitative estimate of drug-likeness (QED) is 0.888. The van der Waals surface area contributed by atoms with Crippen molar-refractivity contribution in [2.24, 2.45) is 5.92 Å². The van der Waals surface area contributed by atoms with Crippen molar-refractivity contribution in [3.63, 3.8) is 0 Å². The van der Waals surface area contributed by atoms with Crippen molar-refractivity contribution in [1.29, 1.82) is 0 Å². The van der Waals surface area contributed by atoms with Gasteiger partial charge in [0.1, 0.15) is 0 Å². The predicted octanol–water partition coefficient (Wildman–Crippen LogP) is 2.96. The largest absolute Gasteiger partial charge is 0.490 e. The third-order valence-corrected chi connectivity index (χ3v) is 4.07. The van der Waals surface area contributed by atoms with Gasteiger partial charge in [0.2, 0.25) is 0 Å². The lowest BCUT2D eigenvalue weighted by Crippen LogP contribution is -2.27. The number of carbonyl (C=O) groups excluding carboxylic acids is 1. The summed E-state index contributed by atoms with van der Waals surface area (Å²) in [6.45, 7) is 2.36. The van der Waals surface area contributed by atoms with Crippen molar-refractivity contribution in [1.82, 2.24) is 14.9 Å². The molecule has 0 aliphatic heterocycles. The van der Waals surface area contributed by atoms with Gasteiger partial charge < -0.3 is 10.1 Å². The molecule has 1 aliphatic rings. The van der Waals surface area contributed by atoms with Gasteiger partial charge in [0.05, 0.1) is 12.6 Å². The van der Waals surface area contributed by atoms with Crippen molar-refractivity contribution < 1.29 is 13.9 Å². The third kappa shape index (κ3) is 3.59. The molecule has 1 aliphatic carbocycles. The molecule has 5 nitrogen and oxygen atoms in total. The summed E-state index contributed by atoms with van der Waals surface area (Å²) in [7, 11) is 0. The summed E-state index contributed by atoms with van der Waals surface area (Å²) < 4.78 is 23.1. The summed E-state index contributed by atoms with van der Waals surface area (Å²) in [5, 5.41) is 8.03. The monoisotopic (exact) mass is 321 g/mol. The summed E-state index contributed by atoms with van der Waals surface area (Å²) in [5.74, 6) is 0.104. The van der Waals surface area contributed by atoms with Crippen molar-refractivity contribution in [2.45, 2.75) is 25.8 Å². The van der Waals surface area contributed by atoms with E-state index >= 15 is 0 Å². The Morgan fingerprint density at radius 2 is 2.36 bits per heavy atom. The molecule has 0 saturated heterocycles. The van der Waals surface area contributed by atoms with Gasteiger partial charge in [0.25, 0.3) is 5.91 Å². The van der Waals surface area contributed by atoms with Gasteiger partial charge in [-0.1, -0.05) is 10.6 Å². The Morgan fingerprint density at radius 3 is 3.00 bits per heavy atom. The first kappa shape index (κ1) is 14.9. The zero-order valence-corrected chi connectivity index (χ0v) is 12.9. The van der Waals surface area contributed by atoms with Gasteiger partial charge in [0, 0.05) is 5.38 Å². The van der Waals surface area contributed by atoms with Crippen LogP contribution in [-0.4, -0.2) is 22.1 Å². The molecular formula is C15H16FN3O2S. The smallest absolute Gasteiger partial charge is 0.273 e. The van der Waals surface area contributed by atoms with E-state index in [0.29, 0.717) is 18.1 Å². The lowest BCUT2D eigenvalue weighted by Gasteiger charge is -2.15. The van der Waals surface area contributed by atoms with E-state index in [4.69, 9.17) is 4.74 Å². The lowest BCUT2D eigenvalue weighted by molar-refractivity contribution is 0.0934. The van der Waals surface area contributed by atoms with Crippen molar-refractivity contribution in [2.75, 3.05) is 6.61 Å². The van der Waals surface area contributed by atoms with E-state index in [0.717, 1.165) is 24.4 Å². The van der Waals surface area contributed by atoms with E-state index in [-0.39, 0.29) is 23.4 Å². The average molecular weight is 321 g/mol. The van der Waals surface area contributed by atoms with Crippen molar-refractivity contribution in [3.05, 3.63) is 40.7 Å². The second kappa shape index (κ2) is 6.39. The van der Waals surface area contributed by atoms with Gasteiger partial charge in [-0.3, -0.25) is 4.79 Å². The standard InChI is InChI=1S/C15H16FN3O2S/c1-9(17-15(20)13-8-22-19-18-13)11-4-5-14(12(16)6-11)21-7-10-2-3-10/h4-6,8-10H,2-3,7H2,1H3,(H,17,20)/t9-/m1/s1. The number of hydrogen-bond donors (Lipinski definition) is 1. The number of halogens is 1. The molecule has 1 aromatic carbocycles. The first-order valence-corrected chi connectivity index (χ1v) is 7.97. The second-order valence-electron chi connectivity index (χ2n) is 5.43. The van der Waals surface area contributed by atoms with E-state index in [1.165, 1.54) is 6.07 Å². The van der Waals surface area contributed by atoms with Crippen LogP contribution in [0.1, 0.15) is 41.9 Å². The average Bonchev–Trinajstić information content (AvgIpc) is 3.16. The molecule has 7 heteroatoms. The molecule has 1 aromatic heterocycles. The molecule has 2 aromatic rings. The van der Waals surface area contributed by atoms with Crippen LogP contribution in [0.5, 0.6) is 5.75 Å². The fourth-order valence-electron chi connectivity index (χ4n) is 2.01. The topological polar surface area (TPSA) is 64.1 Å². The third-order valence-electron chi connectivity index (χ3n) is 3.57. The van der Waals surface area contributed by atoms with Gasteiger partial charge in [-0.15, -0.1) is 5.10 Å². The van der Waals surface area contributed by atoms with Crippen LogP contribution in [0.2, 0.25) is 0 Å². The van der Waals surface area contributed by atoms with Gasteiger partial charge >= 0.3 is 0 Å². The zero-order valence-electron chi connectivity index (χ0n) is 12.1. The number of aromatic nitrogens is 2. The number of benzene rings is 1. The maximum Gasteiger partial charge on any atom is 0.273 e. The molecule has 0 radical (unpaired) electrons. The van der Waals surface area contributed by atoms with E-state index in [1.54, 1.807) is 24.4 Å². The Bertz CT molecular complexity index is 659. The minimum Gasteiger partial charge on any atom is -0.490 e. The fraction of sp³-hybridized carbons (Fsp3) is 0.400. The van der Waals surface area contributed by atoms with Gasteiger partial charge in [0.15, 0.2) is 17.3 Å². The van der Waals surface area contributed by atoms with Crippen molar-refractivity contribution >= 4 is 17.4 Å². The number of amides is 1. The fourth-order valence-corrected chi connectivity index (χ4v) is 2.45. The summed E-state index contributed by atoms with van der Waals surface area (Å²) >= 11 is 1.11. The van der Waals surface area contributed by atoms with Crippen LogP contribution in [0, 0.1) is 11.7 Å². The van der Waals surface area contributed by atoms with Crippen LogP contribution in [0.25, 0.3) is 0 Å². The van der Waals surface area contributed by atoms with Crippen LogP contribution < -0.4 is 10.1 Å². The Kier molecular flexibility index (Phi) is 4.33. The Balaban J connectivity index is 1.63. The minimum atomic E-state index is -0.408. The van der Waals surface area contributed by atoms with E-state index in [1.807, 2.05) is 0 Å². The van der Waals surface area contributed by atoms with Crippen LogP contribution in [0.3, 0.4) is 0 Å². The van der Waals surface area contributed by atoms with E-state index < -0.39 is 5.82 Å². The number of nitrogens with zero attached hydrogens (tertiary/aromatic N) is 2. The second-order valence-corrected chi connectivity index (χ2v) is 6.04. The summed E-state index contributed by atoms with van der Waals surface area (Å²) in [4.78, 5) is 11.9. The van der Waals surface area contributed by atoms with Gasteiger partial charge in [-0.05, 0) is 54.9 Å². The molecule has 1 amide bonds. The Morgan fingerprint density at radius 1 is 1.55 bits per heavy atom. The normalized spacial score (nSPS) is 15.4. The molecule has 1 N–H and O–H groups in total. The molecule has 1 fully saturated rings. The summed E-state index contributed by atoms with van der Waals surface area (Å²) in [5.41, 5.74) is 0.939. The zero-order chi connectivity index (χ0) is 15.5. The molecule has 22 heavy (non-hydrogen) atoms.